The van der Waals surface area contributed by atoms with Crippen LogP contribution in [-0.4, -0.2) is 30.9 Å². The normalized spacial score (nSPS) is 12.6. The van der Waals surface area contributed by atoms with E-state index in [0.29, 0.717) is 17.5 Å². The first-order valence-electron chi connectivity index (χ1n) is 6.69. The predicted octanol–water partition coefficient (Wildman–Crippen LogP) is 3.70. The van der Waals surface area contributed by atoms with Crippen molar-refractivity contribution in [1.29, 1.82) is 0 Å². The summed E-state index contributed by atoms with van der Waals surface area (Å²) >= 11 is 9.58. The summed E-state index contributed by atoms with van der Waals surface area (Å²) in [6.45, 7) is 4.82. The molecule has 0 spiro atoms. The third kappa shape index (κ3) is 5.43. The van der Waals surface area contributed by atoms with Gasteiger partial charge in [-0.05, 0) is 30.0 Å². The van der Waals surface area contributed by atoms with Gasteiger partial charge in [0.1, 0.15) is 0 Å². The van der Waals surface area contributed by atoms with Crippen LogP contribution in [0.2, 0.25) is 5.02 Å². The number of hydrogen-bond donors (Lipinski definition) is 1. The van der Waals surface area contributed by atoms with E-state index >= 15 is 0 Å². The quantitative estimate of drug-likeness (QED) is 0.838. The molecule has 3 nitrogen and oxygen atoms in total. The zero-order valence-corrected chi connectivity index (χ0v) is 14.8. The number of halogens is 2. The first-order chi connectivity index (χ1) is 9.31. The summed E-state index contributed by atoms with van der Waals surface area (Å²) in [5, 5.41) is 4.02. The van der Waals surface area contributed by atoms with E-state index in [1.54, 1.807) is 19.0 Å². The maximum Gasteiger partial charge on any atom is 0.239 e. The molecule has 1 amide bonds. The van der Waals surface area contributed by atoms with Crippen LogP contribution >= 0.6 is 27.5 Å². The van der Waals surface area contributed by atoms with Gasteiger partial charge >= 0.3 is 0 Å². The third-order valence-electron chi connectivity index (χ3n) is 3.00. The summed E-state index contributed by atoms with van der Waals surface area (Å²) in [5.74, 6) is 0.559. The molecule has 1 atom stereocenters. The molecule has 0 aliphatic carbocycles. The number of carbonyl (C=O) groups is 1. The molecule has 0 heterocycles. The second-order valence-electron chi connectivity index (χ2n) is 5.53. The number of hydrogen-bond acceptors (Lipinski definition) is 2. The predicted molar refractivity (Wildman–Crippen MR) is 87.9 cm³/mol. The van der Waals surface area contributed by atoms with Crippen molar-refractivity contribution in [2.45, 2.75) is 32.9 Å². The fourth-order valence-corrected chi connectivity index (χ4v) is 2.69. The molecule has 20 heavy (non-hydrogen) atoms. The fourth-order valence-electron chi connectivity index (χ4n) is 1.95. The fraction of sp³-hybridized carbons (Fsp3) is 0.533. The van der Waals surface area contributed by atoms with Gasteiger partial charge in [0.2, 0.25) is 5.91 Å². The lowest BCUT2D eigenvalue weighted by atomic mass is 10.0. The number of carbonyl (C=O) groups excluding carboxylic acids is 1. The number of nitrogens with zero attached hydrogens (tertiary/aromatic N) is 1. The summed E-state index contributed by atoms with van der Waals surface area (Å²) in [6, 6.07) is 5.61. The zero-order chi connectivity index (χ0) is 15.3. The monoisotopic (exact) mass is 360 g/mol. The molecule has 0 aliphatic rings. The first-order valence-corrected chi connectivity index (χ1v) is 7.86. The van der Waals surface area contributed by atoms with Crippen LogP contribution in [0.1, 0.15) is 25.8 Å². The maximum absolute atomic E-state index is 12.2. The highest BCUT2D eigenvalue weighted by atomic mass is 79.9. The molecule has 0 radical (unpaired) electrons. The number of amides is 1. The molecule has 112 valence electrons. The first kappa shape index (κ1) is 17.5. The molecule has 0 fully saturated rings. The van der Waals surface area contributed by atoms with Crippen molar-refractivity contribution < 1.29 is 4.79 Å². The topological polar surface area (TPSA) is 32.3 Å². The smallest absolute Gasteiger partial charge is 0.239 e. The molecule has 1 unspecified atom stereocenters. The Morgan fingerprint density at radius 3 is 2.55 bits per heavy atom. The molecule has 1 N–H and O–H groups in total. The Morgan fingerprint density at radius 1 is 1.40 bits per heavy atom. The molecule has 0 saturated heterocycles. The van der Waals surface area contributed by atoms with Crippen LogP contribution < -0.4 is 5.32 Å². The maximum atomic E-state index is 12.2. The van der Waals surface area contributed by atoms with Gasteiger partial charge in [-0.3, -0.25) is 4.79 Å². The molecule has 0 aliphatic heterocycles. The molecule has 1 rings (SSSR count). The van der Waals surface area contributed by atoms with E-state index in [4.69, 9.17) is 11.6 Å². The van der Waals surface area contributed by atoms with Gasteiger partial charge in [-0.1, -0.05) is 47.4 Å². The summed E-state index contributed by atoms with van der Waals surface area (Å²) in [4.78, 5) is 13.8. The second kappa shape index (κ2) is 8.01. The van der Waals surface area contributed by atoms with Crippen LogP contribution in [0.15, 0.2) is 22.7 Å². The summed E-state index contributed by atoms with van der Waals surface area (Å²) < 4.78 is 0.953. The van der Waals surface area contributed by atoms with E-state index in [1.807, 2.05) is 18.2 Å². The molecule has 1 aromatic rings. The Morgan fingerprint density at radius 2 is 2.05 bits per heavy atom. The zero-order valence-electron chi connectivity index (χ0n) is 12.4. The lowest BCUT2D eigenvalue weighted by Crippen LogP contribution is -2.44. The Hall–Kier alpha value is -0.580. The molecular formula is C15H22BrClN2O. The van der Waals surface area contributed by atoms with Gasteiger partial charge < -0.3 is 10.2 Å². The van der Waals surface area contributed by atoms with Gasteiger partial charge in [0.25, 0.3) is 0 Å². The van der Waals surface area contributed by atoms with Gasteiger partial charge in [0, 0.05) is 30.1 Å². The molecular weight excluding hydrogens is 340 g/mol. The average Bonchev–Trinajstić information content (AvgIpc) is 2.34. The summed E-state index contributed by atoms with van der Waals surface area (Å²) in [7, 11) is 3.56. The Labute approximate surface area is 134 Å². The van der Waals surface area contributed by atoms with E-state index in [9.17, 15) is 4.79 Å². The largest absolute Gasteiger partial charge is 0.347 e. The molecule has 0 saturated carbocycles. The average molecular weight is 362 g/mol. The van der Waals surface area contributed by atoms with Crippen LogP contribution in [0.3, 0.4) is 0 Å². The lowest BCUT2D eigenvalue weighted by molar-refractivity contribution is -0.131. The van der Waals surface area contributed by atoms with Gasteiger partial charge in [0.05, 0.1) is 6.04 Å². The van der Waals surface area contributed by atoms with Crippen molar-refractivity contribution in [3.8, 4) is 0 Å². The highest BCUT2D eigenvalue weighted by molar-refractivity contribution is 9.10. The van der Waals surface area contributed by atoms with Crippen molar-refractivity contribution in [3.05, 3.63) is 33.3 Å². The minimum atomic E-state index is -0.176. The molecule has 0 aromatic heterocycles. The van der Waals surface area contributed by atoms with Crippen LogP contribution in [-0.2, 0) is 11.3 Å². The van der Waals surface area contributed by atoms with Crippen molar-refractivity contribution in [1.82, 2.24) is 10.2 Å². The van der Waals surface area contributed by atoms with E-state index in [0.717, 1.165) is 16.5 Å². The van der Waals surface area contributed by atoms with Crippen LogP contribution in [0.5, 0.6) is 0 Å². The van der Waals surface area contributed by atoms with E-state index in [2.05, 4.69) is 35.1 Å². The van der Waals surface area contributed by atoms with E-state index < -0.39 is 0 Å². The minimum absolute atomic E-state index is 0.104. The number of likely N-dealkylation sites (N-methyl/N-ethyl adjacent to an activating group) is 1. The molecule has 0 bridgehead atoms. The number of benzene rings is 1. The molecule has 5 heteroatoms. The highest BCUT2D eigenvalue weighted by Gasteiger charge is 2.21. The van der Waals surface area contributed by atoms with Crippen LogP contribution in [0.25, 0.3) is 0 Å². The van der Waals surface area contributed by atoms with Crippen molar-refractivity contribution in [3.63, 3.8) is 0 Å². The van der Waals surface area contributed by atoms with Gasteiger partial charge in [-0.25, -0.2) is 0 Å². The highest BCUT2D eigenvalue weighted by Crippen LogP contribution is 2.21. The van der Waals surface area contributed by atoms with Gasteiger partial charge in [-0.15, -0.1) is 0 Å². The van der Waals surface area contributed by atoms with Gasteiger partial charge in [-0.2, -0.15) is 0 Å². The van der Waals surface area contributed by atoms with Crippen molar-refractivity contribution >= 4 is 33.4 Å². The number of rotatable bonds is 6. The minimum Gasteiger partial charge on any atom is -0.347 e. The summed E-state index contributed by atoms with van der Waals surface area (Å²) in [6.07, 6.45) is 0.811. The van der Waals surface area contributed by atoms with Gasteiger partial charge in [0.15, 0.2) is 0 Å². The number of nitrogens with one attached hydrogen (secondary N) is 1. The summed E-state index contributed by atoms with van der Waals surface area (Å²) in [5.41, 5.74) is 0.996. The van der Waals surface area contributed by atoms with Crippen LogP contribution in [0.4, 0.5) is 0 Å². The van der Waals surface area contributed by atoms with E-state index in [1.165, 1.54) is 0 Å². The van der Waals surface area contributed by atoms with Crippen molar-refractivity contribution in [2.24, 2.45) is 5.92 Å². The van der Waals surface area contributed by atoms with Crippen molar-refractivity contribution in [2.75, 3.05) is 14.1 Å². The van der Waals surface area contributed by atoms with Crippen LogP contribution in [0, 0.1) is 5.92 Å². The lowest BCUT2D eigenvalue weighted by Gasteiger charge is -2.23. The molecule has 1 aromatic carbocycles. The SMILES string of the molecule is CC(C)CC(NCc1ccc(Br)cc1Cl)C(=O)N(C)C. The Balaban J connectivity index is 2.72. The Kier molecular flexibility index (Phi) is 7.00. The Bertz CT molecular complexity index is 463. The third-order valence-corrected chi connectivity index (χ3v) is 3.85. The second-order valence-corrected chi connectivity index (χ2v) is 6.85. The van der Waals surface area contributed by atoms with E-state index in [-0.39, 0.29) is 11.9 Å². The standard InChI is InChI=1S/C15H22BrClN2O/c1-10(2)7-14(15(20)19(3)4)18-9-11-5-6-12(16)8-13(11)17/h5-6,8,10,14,18H,7,9H2,1-4H3.